The van der Waals surface area contributed by atoms with Crippen LogP contribution in [0.15, 0.2) is 17.3 Å². The zero-order valence-electron chi connectivity index (χ0n) is 15.6. The number of nitrogens with zero attached hydrogens (tertiary/aromatic N) is 1. The fraction of sp³-hybridized carbons (Fsp3) is 0.765. The molecule has 5 heteroatoms. The summed E-state index contributed by atoms with van der Waals surface area (Å²) in [6.07, 6.45) is -0.481. The van der Waals surface area contributed by atoms with Crippen molar-refractivity contribution in [1.29, 1.82) is 0 Å². The number of carbonyl (C=O) groups is 1. The molecule has 5 nitrogen and oxygen atoms in total. The highest BCUT2D eigenvalue weighted by molar-refractivity contribution is 5.94. The zero-order valence-corrected chi connectivity index (χ0v) is 15.6. The Morgan fingerprint density at radius 3 is 2.05 bits per heavy atom. The topological polar surface area (TPSA) is 62.7 Å². The number of hydrogen-bond donors (Lipinski definition) is 2. The standard InChI is InChI=1S/C17H33N3O2/c1-11(2)18-13(4)12(3)17(9,10)20-14(5)19-15(21)22-16(6,7)8/h12-13,18H,1H2,2-10H3,(H,19,20,21)/t12-,13+/m0/s1. The van der Waals surface area contributed by atoms with E-state index in [4.69, 9.17) is 4.74 Å². The van der Waals surface area contributed by atoms with Crippen LogP contribution in [0.4, 0.5) is 4.79 Å². The number of aliphatic imine (C=N–C) groups is 1. The third-order valence-electron chi connectivity index (χ3n) is 3.48. The fourth-order valence-electron chi connectivity index (χ4n) is 2.14. The van der Waals surface area contributed by atoms with Gasteiger partial charge in [-0.25, -0.2) is 4.79 Å². The lowest BCUT2D eigenvalue weighted by Gasteiger charge is -2.34. The van der Waals surface area contributed by atoms with Gasteiger partial charge >= 0.3 is 6.09 Å². The second-order valence-corrected chi connectivity index (χ2v) is 7.48. The summed E-state index contributed by atoms with van der Waals surface area (Å²) in [4.78, 5) is 16.4. The quantitative estimate of drug-likeness (QED) is 0.598. The number of rotatable bonds is 5. The van der Waals surface area contributed by atoms with Gasteiger partial charge in [0.2, 0.25) is 0 Å². The van der Waals surface area contributed by atoms with Crippen LogP contribution in [0.5, 0.6) is 0 Å². The number of amidine groups is 1. The van der Waals surface area contributed by atoms with Gasteiger partial charge in [-0.3, -0.25) is 10.3 Å². The van der Waals surface area contributed by atoms with Gasteiger partial charge in [0.25, 0.3) is 0 Å². The molecule has 1 amide bonds. The van der Waals surface area contributed by atoms with Crippen LogP contribution in [-0.4, -0.2) is 29.1 Å². The molecule has 0 aliphatic rings. The van der Waals surface area contributed by atoms with Crippen molar-refractivity contribution in [3.63, 3.8) is 0 Å². The molecule has 22 heavy (non-hydrogen) atoms. The smallest absolute Gasteiger partial charge is 0.413 e. The molecule has 0 saturated carbocycles. The molecule has 128 valence electrons. The number of nitrogens with one attached hydrogen (secondary N) is 2. The van der Waals surface area contributed by atoms with Crippen LogP contribution in [-0.2, 0) is 4.74 Å². The summed E-state index contributed by atoms with van der Waals surface area (Å²) in [5.41, 5.74) is 0.0800. The summed E-state index contributed by atoms with van der Waals surface area (Å²) >= 11 is 0. The first-order valence-corrected chi connectivity index (χ1v) is 7.73. The van der Waals surface area contributed by atoms with E-state index in [0.29, 0.717) is 5.84 Å². The summed E-state index contributed by atoms with van der Waals surface area (Å²) in [5.74, 6) is 0.799. The van der Waals surface area contributed by atoms with Crippen molar-refractivity contribution < 1.29 is 9.53 Å². The number of hydrogen-bond acceptors (Lipinski definition) is 4. The summed E-state index contributed by atoms with van der Waals surface area (Å²) in [6, 6.07) is 0.227. The van der Waals surface area contributed by atoms with E-state index in [2.05, 4.69) is 49.9 Å². The second-order valence-electron chi connectivity index (χ2n) is 7.48. The summed E-state index contributed by atoms with van der Waals surface area (Å²) in [7, 11) is 0. The Hall–Kier alpha value is -1.52. The molecular formula is C17H33N3O2. The molecule has 0 aliphatic heterocycles. The minimum atomic E-state index is -0.521. The minimum Gasteiger partial charge on any atom is -0.444 e. The minimum absolute atomic E-state index is 0.227. The number of carbonyl (C=O) groups excluding carboxylic acids is 1. The predicted octanol–water partition coefficient (Wildman–Crippen LogP) is 3.86. The normalized spacial score (nSPS) is 15.8. The first kappa shape index (κ1) is 20.5. The van der Waals surface area contributed by atoms with E-state index in [1.807, 2.05) is 27.7 Å². The molecule has 0 heterocycles. The van der Waals surface area contributed by atoms with Crippen molar-refractivity contribution in [2.75, 3.05) is 0 Å². The Bertz CT molecular complexity index is 434. The Labute approximate surface area is 135 Å². The molecule has 0 rings (SSSR count). The van der Waals surface area contributed by atoms with Crippen molar-refractivity contribution in [3.05, 3.63) is 12.3 Å². The maximum atomic E-state index is 11.8. The van der Waals surface area contributed by atoms with Crippen LogP contribution >= 0.6 is 0 Å². The van der Waals surface area contributed by atoms with Gasteiger partial charge in [0.1, 0.15) is 11.4 Å². The number of amides is 1. The molecule has 0 aliphatic carbocycles. The maximum absolute atomic E-state index is 11.8. The SMILES string of the molecule is C=C(C)N[C@H](C)[C@H](C)C(C)(C)/N=C(\C)NC(=O)OC(C)(C)C. The summed E-state index contributed by atoms with van der Waals surface area (Å²) in [6.45, 7) is 21.4. The number of alkyl carbamates (subject to hydrolysis) is 1. The molecule has 0 fully saturated rings. The molecule has 2 N–H and O–H groups in total. The van der Waals surface area contributed by atoms with Gasteiger partial charge in [-0.2, -0.15) is 0 Å². The van der Waals surface area contributed by atoms with Crippen LogP contribution in [0.2, 0.25) is 0 Å². The van der Waals surface area contributed by atoms with Crippen LogP contribution in [0, 0.1) is 5.92 Å². The average molecular weight is 311 g/mol. The van der Waals surface area contributed by atoms with Crippen LogP contribution in [0.3, 0.4) is 0 Å². The molecule has 0 radical (unpaired) electrons. The van der Waals surface area contributed by atoms with E-state index in [0.717, 1.165) is 5.70 Å². The van der Waals surface area contributed by atoms with Crippen molar-refractivity contribution in [2.45, 2.75) is 79.5 Å². The molecule has 0 unspecified atom stereocenters. The molecule has 0 aromatic carbocycles. The first-order valence-electron chi connectivity index (χ1n) is 7.73. The van der Waals surface area contributed by atoms with E-state index in [1.165, 1.54) is 0 Å². The molecule has 0 aromatic rings. The highest BCUT2D eigenvalue weighted by Gasteiger charge is 2.30. The molecule has 0 saturated heterocycles. The van der Waals surface area contributed by atoms with E-state index < -0.39 is 11.7 Å². The molecule has 0 bridgehead atoms. The van der Waals surface area contributed by atoms with Crippen LogP contribution < -0.4 is 10.6 Å². The van der Waals surface area contributed by atoms with Gasteiger partial charge in [0, 0.05) is 17.7 Å². The van der Waals surface area contributed by atoms with Crippen LogP contribution in [0.1, 0.15) is 62.3 Å². The first-order chi connectivity index (χ1) is 9.74. The highest BCUT2D eigenvalue weighted by Crippen LogP contribution is 2.24. The lowest BCUT2D eigenvalue weighted by Crippen LogP contribution is -2.43. The highest BCUT2D eigenvalue weighted by atomic mass is 16.6. The zero-order chi connectivity index (χ0) is 17.7. The van der Waals surface area contributed by atoms with Crippen molar-refractivity contribution in [3.8, 4) is 0 Å². The maximum Gasteiger partial charge on any atom is 0.413 e. The van der Waals surface area contributed by atoms with Crippen LogP contribution in [0.25, 0.3) is 0 Å². The number of allylic oxidation sites excluding steroid dienone is 1. The monoisotopic (exact) mass is 311 g/mol. The van der Waals surface area contributed by atoms with Crippen molar-refractivity contribution in [2.24, 2.45) is 10.9 Å². The third-order valence-corrected chi connectivity index (χ3v) is 3.48. The lowest BCUT2D eigenvalue weighted by atomic mass is 9.84. The van der Waals surface area contributed by atoms with Crippen molar-refractivity contribution >= 4 is 11.9 Å². The average Bonchev–Trinajstić information content (AvgIpc) is 2.22. The fourth-order valence-corrected chi connectivity index (χ4v) is 2.14. The van der Waals surface area contributed by atoms with Gasteiger partial charge in [-0.05, 0) is 55.4 Å². The van der Waals surface area contributed by atoms with E-state index >= 15 is 0 Å². The largest absolute Gasteiger partial charge is 0.444 e. The molecule has 2 atom stereocenters. The van der Waals surface area contributed by atoms with E-state index in [9.17, 15) is 4.79 Å². The molecule has 0 aromatic heterocycles. The Morgan fingerprint density at radius 1 is 1.14 bits per heavy atom. The summed E-state index contributed by atoms with van der Waals surface area (Å²) in [5, 5.41) is 6.00. The van der Waals surface area contributed by atoms with Gasteiger partial charge in [-0.15, -0.1) is 0 Å². The van der Waals surface area contributed by atoms with E-state index in [1.54, 1.807) is 6.92 Å². The van der Waals surface area contributed by atoms with Gasteiger partial charge < -0.3 is 10.1 Å². The molecule has 0 spiro atoms. The van der Waals surface area contributed by atoms with Crippen molar-refractivity contribution in [1.82, 2.24) is 10.6 Å². The molecular weight excluding hydrogens is 278 g/mol. The Morgan fingerprint density at radius 2 is 1.64 bits per heavy atom. The predicted molar refractivity (Wildman–Crippen MR) is 93.1 cm³/mol. The second kappa shape index (κ2) is 7.65. The van der Waals surface area contributed by atoms with Gasteiger partial charge in [0.15, 0.2) is 0 Å². The lowest BCUT2D eigenvalue weighted by molar-refractivity contribution is 0.0562. The van der Waals surface area contributed by atoms with Gasteiger partial charge in [-0.1, -0.05) is 13.5 Å². The Balaban J connectivity index is 4.84. The van der Waals surface area contributed by atoms with E-state index in [-0.39, 0.29) is 17.5 Å². The third kappa shape index (κ3) is 8.05. The number of ether oxygens (including phenoxy) is 1. The van der Waals surface area contributed by atoms with Gasteiger partial charge in [0.05, 0.1) is 5.54 Å². The Kier molecular flexibility index (Phi) is 7.13. The summed E-state index contributed by atoms with van der Waals surface area (Å²) < 4.78 is 5.23.